The van der Waals surface area contributed by atoms with Gasteiger partial charge in [0, 0.05) is 6.42 Å². The standard InChI is InChI=1S/C12H14O2/c1-8-4-2-3-5-10(8)11-6-9(11)7-12(13)14/h2-5,9,11H,6-7H2,1H3,(H,13,14). The van der Waals surface area contributed by atoms with Crippen LogP contribution < -0.4 is 0 Å². The molecule has 0 aliphatic heterocycles. The van der Waals surface area contributed by atoms with Crippen molar-refractivity contribution < 1.29 is 9.90 Å². The van der Waals surface area contributed by atoms with Gasteiger partial charge in [0.2, 0.25) is 0 Å². The van der Waals surface area contributed by atoms with Crippen molar-refractivity contribution in [2.24, 2.45) is 5.92 Å². The van der Waals surface area contributed by atoms with E-state index in [4.69, 9.17) is 5.11 Å². The molecule has 0 heterocycles. The topological polar surface area (TPSA) is 37.3 Å². The lowest BCUT2D eigenvalue weighted by Crippen LogP contribution is -1.97. The van der Waals surface area contributed by atoms with Crippen molar-refractivity contribution in [1.29, 1.82) is 0 Å². The molecule has 0 amide bonds. The van der Waals surface area contributed by atoms with Gasteiger partial charge in [-0.05, 0) is 36.3 Å². The molecule has 1 N–H and O–H groups in total. The minimum absolute atomic E-state index is 0.318. The van der Waals surface area contributed by atoms with Gasteiger partial charge >= 0.3 is 5.97 Å². The van der Waals surface area contributed by atoms with Crippen LogP contribution in [0.5, 0.6) is 0 Å². The zero-order valence-corrected chi connectivity index (χ0v) is 8.23. The Morgan fingerprint density at radius 2 is 2.21 bits per heavy atom. The molecule has 2 unspecified atom stereocenters. The fourth-order valence-electron chi connectivity index (χ4n) is 2.08. The van der Waals surface area contributed by atoms with Crippen LogP contribution in [0.15, 0.2) is 24.3 Å². The first-order valence-corrected chi connectivity index (χ1v) is 4.96. The highest BCUT2D eigenvalue weighted by Gasteiger charge is 2.40. The lowest BCUT2D eigenvalue weighted by molar-refractivity contribution is -0.137. The molecule has 0 aromatic heterocycles. The van der Waals surface area contributed by atoms with Crippen LogP contribution in [0.3, 0.4) is 0 Å². The second-order valence-corrected chi connectivity index (χ2v) is 4.06. The Bertz CT molecular complexity index is 357. The van der Waals surface area contributed by atoms with E-state index < -0.39 is 5.97 Å². The lowest BCUT2D eigenvalue weighted by atomic mass is 10.0. The second kappa shape index (κ2) is 3.45. The molecule has 2 rings (SSSR count). The molecule has 0 bridgehead atoms. The average Bonchev–Trinajstić information content (AvgIpc) is 2.83. The number of carbonyl (C=O) groups is 1. The van der Waals surface area contributed by atoms with Crippen molar-refractivity contribution in [2.45, 2.75) is 25.7 Å². The molecule has 1 aromatic carbocycles. The van der Waals surface area contributed by atoms with Crippen molar-refractivity contribution in [3.8, 4) is 0 Å². The number of aliphatic carboxylic acids is 1. The Hall–Kier alpha value is -1.31. The summed E-state index contributed by atoms with van der Waals surface area (Å²) < 4.78 is 0. The van der Waals surface area contributed by atoms with E-state index in [1.807, 2.05) is 12.1 Å². The monoisotopic (exact) mass is 190 g/mol. The summed E-state index contributed by atoms with van der Waals surface area (Å²) in [6.45, 7) is 2.09. The molecule has 1 aromatic rings. The van der Waals surface area contributed by atoms with Gasteiger partial charge in [-0.3, -0.25) is 4.79 Å². The summed E-state index contributed by atoms with van der Waals surface area (Å²) in [6.07, 6.45) is 1.36. The minimum Gasteiger partial charge on any atom is -0.481 e. The van der Waals surface area contributed by atoms with Gasteiger partial charge in [-0.15, -0.1) is 0 Å². The SMILES string of the molecule is Cc1ccccc1C1CC1CC(=O)O. The molecule has 2 atom stereocenters. The molecular formula is C12H14O2. The van der Waals surface area contributed by atoms with Crippen LogP contribution in [0.25, 0.3) is 0 Å². The molecule has 74 valence electrons. The van der Waals surface area contributed by atoms with E-state index in [-0.39, 0.29) is 0 Å². The Labute approximate surface area is 83.6 Å². The summed E-state index contributed by atoms with van der Waals surface area (Å²) in [6, 6.07) is 8.25. The third kappa shape index (κ3) is 1.79. The highest BCUT2D eigenvalue weighted by Crippen LogP contribution is 2.50. The molecule has 0 radical (unpaired) electrons. The number of benzene rings is 1. The molecule has 1 fully saturated rings. The van der Waals surface area contributed by atoms with Gasteiger partial charge < -0.3 is 5.11 Å². The summed E-state index contributed by atoms with van der Waals surface area (Å²) >= 11 is 0. The highest BCUT2D eigenvalue weighted by atomic mass is 16.4. The van der Waals surface area contributed by atoms with Crippen LogP contribution in [0.1, 0.15) is 29.9 Å². The largest absolute Gasteiger partial charge is 0.481 e. The first kappa shape index (κ1) is 9.25. The smallest absolute Gasteiger partial charge is 0.303 e. The van der Waals surface area contributed by atoms with Crippen molar-refractivity contribution >= 4 is 5.97 Å². The molecule has 14 heavy (non-hydrogen) atoms. The van der Waals surface area contributed by atoms with Crippen LogP contribution in [0.2, 0.25) is 0 Å². The van der Waals surface area contributed by atoms with Gasteiger partial charge in [-0.2, -0.15) is 0 Å². The van der Waals surface area contributed by atoms with Crippen LogP contribution in [-0.4, -0.2) is 11.1 Å². The Morgan fingerprint density at radius 3 is 2.86 bits per heavy atom. The Kier molecular flexibility index (Phi) is 2.28. The van der Waals surface area contributed by atoms with Crippen molar-refractivity contribution in [3.05, 3.63) is 35.4 Å². The lowest BCUT2D eigenvalue weighted by Gasteiger charge is -2.03. The van der Waals surface area contributed by atoms with E-state index in [2.05, 4.69) is 19.1 Å². The molecule has 0 saturated heterocycles. The first-order chi connectivity index (χ1) is 6.68. The third-order valence-electron chi connectivity index (χ3n) is 2.95. The first-order valence-electron chi connectivity index (χ1n) is 4.96. The molecular weight excluding hydrogens is 176 g/mol. The number of hydrogen-bond acceptors (Lipinski definition) is 1. The zero-order chi connectivity index (χ0) is 10.1. The van der Waals surface area contributed by atoms with Crippen molar-refractivity contribution in [2.75, 3.05) is 0 Å². The fourth-order valence-corrected chi connectivity index (χ4v) is 2.08. The molecule has 0 spiro atoms. The van der Waals surface area contributed by atoms with Crippen LogP contribution in [0.4, 0.5) is 0 Å². The number of carboxylic acids is 1. The molecule has 1 aliphatic carbocycles. The number of aryl methyl sites for hydroxylation is 1. The molecule has 2 nitrogen and oxygen atoms in total. The minimum atomic E-state index is -0.675. The molecule has 2 heteroatoms. The predicted octanol–water partition coefficient (Wildman–Crippen LogP) is 2.57. The summed E-state index contributed by atoms with van der Waals surface area (Å²) in [5.74, 6) is 0.187. The van der Waals surface area contributed by atoms with E-state index in [1.165, 1.54) is 11.1 Å². The predicted molar refractivity (Wildman–Crippen MR) is 54.3 cm³/mol. The molecule has 1 saturated carbocycles. The summed E-state index contributed by atoms with van der Waals surface area (Å²) in [5, 5.41) is 8.66. The number of hydrogen-bond donors (Lipinski definition) is 1. The Morgan fingerprint density at radius 1 is 1.50 bits per heavy atom. The summed E-state index contributed by atoms with van der Waals surface area (Å²) in [7, 11) is 0. The van der Waals surface area contributed by atoms with E-state index in [0.717, 1.165) is 6.42 Å². The zero-order valence-electron chi connectivity index (χ0n) is 8.23. The Balaban J connectivity index is 2.06. The number of carboxylic acid groups (broad SMARTS) is 1. The van der Waals surface area contributed by atoms with Crippen LogP contribution >= 0.6 is 0 Å². The van der Waals surface area contributed by atoms with E-state index >= 15 is 0 Å². The van der Waals surface area contributed by atoms with Crippen LogP contribution in [-0.2, 0) is 4.79 Å². The second-order valence-electron chi connectivity index (χ2n) is 4.06. The highest BCUT2D eigenvalue weighted by molar-refractivity contribution is 5.68. The average molecular weight is 190 g/mol. The fraction of sp³-hybridized carbons (Fsp3) is 0.417. The van der Waals surface area contributed by atoms with E-state index in [0.29, 0.717) is 18.3 Å². The maximum absolute atomic E-state index is 10.5. The van der Waals surface area contributed by atoms with Gasteiger partial charge in [0.1, 0.15) is 0 Å². The van der Waals surface area contributed by atoms with Gasteiger partial charge in [-0.1, -0.05) is 24.3 Å². The van der Waals surface area contributed by atoms with Gasteiger partial charge in [0.25, 0.3) is 0 Å². The quantitative estimate of drug-likeness (QED) is 0.795. The van der Waals surface area contributed by atoms with Gasteiger partial charge in [0.15, 0.2) is 0 Å². The van der Waals surface area contributed by atoms with Crippen LogP contribution in [0, 0.1) is 12.8 Å². The van der Waals surface area contributed by atoms with Gasteiger partial charge in [-0.25, -0.2) is 0 Å². The van der Waals surface area contributed by atoms with E-state index in [9.17, 15) is 4.79 Å². The summed E-state index contributed by atoms with van der Waals surface area (Å²) in [5.41, 5.74) is 2.61. The van der Waals surface area contributed by atoms with Gasteiger partial charge in [0.05, 0.1) is 0 Å². The normalized spacial score (nSPS) is 24.6. The van der Waals surface area contributed by atoms with Crippen molar-refractivity contribution in [1.82, 2.24) is 0 Å². The maximum atomic E-state index is 10.5. The number of rotatable bonds is 3. The van der Waals surface area contributed by atoms with Crippen molar-refractivity contribution in [3.63, 3.8) is 0 Å². The third-order valence-corrected chi connectivity index (χ3v) is 2.95. The van der Waals surface area contributed by atoms with E-state index in [1.54, 1.807) is 0 Å². The summed E-state index contributed by atoms with van der Waals surface area (Å²) in [4.78, 5) is 10.5. The molecule has 1 aliphatic rings. The maximum Gasteiger partial charge on any atom is 0.303 e.